The largest absolute Gasteiger partial charge is 0.296 e. The van der Waals surface area contributed by atoms with Gasteiger partial charge in [-0.2, -0.15) is 4.40 Å². The number of nitrogens with zero attached hydrogens (tertiary/aromatic N) is 3. The third kappa shape index (κ3) is 1.69. The van der Waals surface area contributed by atoms with Crippen LogP contribution in [0.5, 0.6) is 0 Å². The number of fused-ring (bicyclic) bond motifs is 3. The lowest BCUT2D eigenvalue weighted by Crippen LogP contribution is -2.44. The Balaban J connectivity index is 2.26. The Bertz CT molecular complexity index is 1410. The molecule has 0 unspecified atom stereocenters. The molecule has 3 aromatic heterocycles. The number of imidazole rings is 1. The van der Waals surface area contributed by atoms with Gasteiger partial charge in [0, 0.05) is 26.7 Å². The minimum absolute atomic E-state index is 0.141. The summed E-state index contributed by atoms with van der Waals surface area (Å²) in [4.78, 5) is 4.82. The predicted octanol–water partition coefficient (Wildman–Crippen LogP) is 4.96. The second kappa shape index (κ2) is 4.70. The highest BCUT2D eigenvalue weighted by Crippen LogP contribution is 2.51. The summed E-state index contributed by atoms with van der Waals surface area (Å²) >= 11 is 0. The second-order valence-electron chi connectivity index (χ2n) is 9.21. The summed E-state index contributed by atoms with van der Waals surface area (Å²) in [6.45, 7) is 11.0. The molecule has 5 rings (SSSR count). The lowest BCUT2D eigenvalue weighted by molar-refractivity contribution is -0.643. The molecule has 0 amide bonds. The Morgan fingerprint density at radius 1 is 1.04 bits per heavy atom. The zero-order chi connectivity index (χ0) is 22.0. The molecule has 0 atom stereocenters. The Morgan fingerprint density at radius 3 is 2.48 bits per heavy atom. The average Bonchev–Trinajstić information content (AvgIpc) is 3.00. The Labute approximate surface area is 164 Å². The zero-order valence-electron chi connectivity index (χ0n) is 20.2. The number of aryl methyl sites for hydroxylation is 4. The van der Waals surface area contributed by atoms with E-state index in [1.54, 1.807) is 6.07 Å². The summed E-state index contributed by atoms with van der Waals surface area (Å²) in [7, 11) is 2.08. The van der Waals surface area contributed by atoms with Crippen LogP contribution in [0.3, 0.4) is 0 Å². The first kappa shape index (κ1) is 13.7. The van der Waals surface area contributed by atoms with Crippen molar-refractivity contribution in [3.8, 4) is 0 Å². The number of rotatable bonds is 0. The van der Waals surface area contributed by atoms with Crippen molar-refractivity contribution in [1.29, 1.82) is 0 Å². The average molecular weight is 362 g/mol. The molecule has 0 N–H and O–H groups in total. The van der Waals surface area contributed by atoms with Gasteiger partial charge in [-0.15, -0.1) is 0 Å². The van der Waals surface area contributed by atoms with Crippen LogP contribution in [0.15, 0.2) is 24.5 Å². The highest BCUT2D eigenvalue weighted by molar-refractivity contribution is 6.13. The number of pyridine rings is 2. The van der Waals surface area contributed by atoms with Crippen molar-refractivity contribution in [2.45, 2.75) is 59.2 Å². The van der Waals surface area contributed by atoms with E-state index < -0.39 is 6.85 Å². The molecule has 4 aromatic rings. The van der Waals surface area contributed by atoms with Gasteiger partial charge in [-0.25, -0.2) is 4.57 Å². The van der Waals surface area contributed by atoms with Crippen LogP contribution >= 0.6 is 0 Å². The van der Waals surface area contributed by atoms with Gasteiger partial charge in [0.25, 0.3) is 5.65 Å². The molecule has 1 aromatic carbocycles. The van der Waals surface area contributed by atoms with E-state index >= 15 is 0 Å². The summed E-state index contributed by atoms with van der Waals surface area (Å²) in [5, 5.41) is 1.80. The molecule has 0 bridgehead atoms. The summed E-state index contributed by atoms with van der Waals surface area (Å²) in [5.74, 6) is 0. The fourth-order valence-electron chi connectivity index (χ4n) is 4.91. The maximum absolute atomic E-state index is 8.25. The topological polar surface area (TPSA) is 21.2 Å². The van der Waals surface area contributed by atoms with E-state index in [-0.39, 0.29) is 10.8 Å². The normalized spacial score (nSPS) is 19.6. The van der Waals surface area contributed by atoms with Crippen molar-refractivity contribution in [1.82, 2.24) is 9.38 Å². The highest BCUT2D eigenvalue weighted by Gasteiger charge is 2.50. The highest BCUT2D eigenvalue weighted by atomic mass is 15.1. The van der Waals surface area contributed by atoms with Crippen LogP contribution in [-0.4, -0.2) is 9.38 Å². The Kier molecular flexibility index (Phi) is 2.39. The molecule has 0 saturated carbocycles. The molecule has 0 spiro atoms. The molecule has 27 heavy (non-hydrogen) atoms. The second-order valence-corrected chi connectivity index (χ2v) is 9.21. The zero-order valence-corrected chi connectivity index (χ0v) is 17.2. The van der Waals surface area contributed by atoms with Gasteiger partial charge >= 0.3 is 0 Å². The summed E-state index contributed by atoms with van der Waals surface area (Å²) in [6.07, 6.45) is 4.08. The van der Waals surface area contributed by atoms with E-state index in [0.29, 0.717) is 5.56 Å². The molecule has 1 aliphatic rings. The summed E-state index contributed by atoms with van der Waals surface area (Å²) in [5.41, 5.74) is 7.53. The molecule has 0 fully saturated rings. The van der Waals surface area contributed by atoms with Gasteiger partial charge in [0.05, 0.1) is 23.3 Å². The van der Waals surface area contributed by atoms with E-state index in [1.165, 1.54) is 11.3 Å². The van der Waals surface area contributed by atoms with E-state index in [4.69, 9.17) is 9.10 Å². The van der Waals surface area contributed by atoms with Crippen LogP contribution in [0, 0.1) is 20.7 Å². The van der Waals surface area contributed by atoms with Crippen molar-refractivity contribution < 1.29 is 8.68 Å². The van der Waals surface area contributed by atoms with Crippen molar-refractivity contribution in [3.63, 3.8) is 0 Å². The lowest BCUT2D eigenvalue weighted by Gasteiger charge is -2.43. The third-order valence-corrected chi connectivity index (χ3v) is 7.43. The van der Waals surface area contributed by atoms with Crippen LogP contribution in [0.2, 0.25) is 0 Å². The monoisotopic (exact) mass is 361 g/mol. The van der Waals surface area contributed by atoms with Gasteiger partial charge in [-0.05, 0) is 37.4 Å². The quantitative estimate of drug-likeness (QED) is 0.320. The van der Waals surface area contributed by atoms with Crippen molar-refractivity contribution >= 4 is 27.5 Å². The van der Waals surface area contributed by atoms with Gasteiger partial charge in [0.2, 0.25) is 0 Å². The van der Waals surface area contributed by atoms with Crippen LogP contribution in [0.1, 0.15) is 59.8 Å². The van der Waals surface area contributed by atoms with Gasteiger partial charge in [0.1, 0.15) is 11.7 Å². The van der Waals surface area contributed by atoms with Gasteiger partial charge in [0.15, 0.2) is 5.69 Å². The summed E-state index contributed by atoms with van der Waals surface area (Å²) in [6, 6.07) is 3.83. The van der Waals surface area contributed by atoms with E-state index in [0.717, 1.165) is 38.6 Å². The molecule has 3 nitrogen and oxygen atoms in total. The Hall–Kier alpha value is -2.42. The number of aromatic nitrogens is 3. The van der Waals surface area contributed by atoms with Crippen molar-refractivity contribution in [3.05, 3.63) is 52.5 Å². The number of benzene rings is 1. The van der Waals surface area contributed by atoms with Crippen molar-refractivity contribution in [2.24, 2.45) is 7.05 Å². The molecular formula is C24H28N3+. The van der Waals surface area contributed by atoms with Crippen molar-refractivity contribution in [2.75, 3.05) is 0 Å². The fourth-order valence-corrected chi connectivity index (χ4v) is 4.91. The first-order chi connectivity index (χ1) is 13.8. The fraction of sp³-hybridized carbons (Fsp3) is 0.417. The smallest absolute Gasteiger partial charge is 0.255 e. The molecule has 3 heteroatoms. The number of hydrogen-bond acceptors (Lipinski definition) is 1. The molecule has 4 heterocycles. The maximum atomic E-state index is 8.25. The minimum atomic E-state index is -2.22. The van der Waals surface area contributed by atoms with Crippen LogP contribution < -0.4 is 4.57 Å². The van der Waals surface area contributed by atoms with E-state index in [2.05, 4.69) is 63.8 Å². The standard InChI is InChI=1S/C24H28N3/c1-13-9-10-16-21-18(13)20-19(15(3)14(2)11-25-20)22-26(8)12-17(27(21)22)24(6,7)23(16,4)5/h9-12H,1-8H3/q+1/i1D3. The lowest BCUT2D eigenvalue weighted by atomic mass is 9.60. The molecule has 1 aliphatic heterocycles. The third-order valence-electron chi connectivity index (χ3n) is 7.43. The first-order valence-electron chi connectivity index (χ1n) is 11.1. The van der Waals surface area contributed by atoms with Crippen LogP contribution in [0.4, 0.5) is 0 Å². The van der Waals surface area contributed by atoms with Gasteiger partial charge < -0.3 is 0 Å². The first-order valence-corrected chi connectivity index (χ1v) is 9.57. The summed E-state index contributed by atoms with van der Waals surface area (Å²) < 4.78 is 29.2. The maximum Gasteiger partial charge on any atom is 0.296 e. The molecule has 0 radical (unpaired) electrons. The van der Waals surface area contributed by atoms with Crippen LogP contribution in [-0.2, 0) is 17.9 Å². The molecule has 0 aliphatic carbocycles. The van der Waals surface area contributed by atoms with E-state index in [1.807, 2.05) is 12.3 Å². The van der Waals surface area contributed by atoms with E-state index in [9.17, 15) is 0 Å². The molecular weight excluding hydrogens is 330 g/mol. The predicted molar refractivity (Wildman–Crippen MR) is 112 cm³/mol. The SMILES string of the molecule is [2H]C([2H])([2H])c1ccc2c3c1c1ncc(C)c(C)c1c1n3c(c[n+]1C)C(C)(C)C2(C)C. The minimum Gasteiger partial charge on any atom is -0.255 e. The van der Waals surface area contributed by atoms with Gasteiger partial charge in [-0.1, -0.05) is 39.8 Å². The van der Waals surface area contributed by atoms with Crippen LogP contribution in [0.25, 0.3) is 27.5 Å². The molecule has 138 valence electrons. The molecule has 0 saturated heterocycles. The Morgan fingerprint density at radius 2 is 1.78 bits per heavy atom. The van der Waals surface area contributed by atoms with Gasteiger partial charge in [-0.3, -0.25) is 4.98 Å². The number of hydrogen-bond donors (Lipinski definition) is 0.